The number of carbonyl (C=O) groups excluding carboxylic acids is 4. The summed E-state index contributed by atoms with van der Waals surface area (Å²) in [6.07, 6.45) is 22.4. The van der Waals surface area contributed by atoms with E-state index >= 15 is 0 Å². The molecule has 618 valence electrons. The maximum atomic E-state index is 13.5. The lowest BCUT2D eigenvalue weighted by Crippen LogP contribution is -2.52. The van der Waals surface area contributed by atoms with E-state index in [0.717, 1.165) is 158 Å². The average Bonchev–Trinajstić information content (AvgIpc) is 0.816. The van der Waals surface area contributed by atoms with Gasteiger partial charge in [-0.15, -0.1) is 0 Å². The monoisotopic (exact) mass is 1570 g/mol. The van der Waals surface area contributed by atoms with Gasteiger partial charge >= 0.3 is 12.2 Å². The van der Waals surface area contributed by atoms with Gasteiger partial charge in [0, 0.05) is 124 Å². The van der Waals surface area contributed by atoms with Crippen molar-refractivity contribution in [1.29, 1.82) is 0 Å². The molecule has 0 aliphatic carbocycles. The van der Waals surface area contributed by atoms with E-state index < -0.39 is 0 Å². The number of alkyl carbamates (subject to hydrolysis) is 2. The molecule has 8 rings (SSSR count). The largest absolute Gasteiger partial charge is 0.443 e. The molecule has 4 atom stereocenters. The lowest BCUT2D eigenvalue weighted by atomic mass is 9.77. The number of allylic oxidation sites excluding steroid dienone is 4. The summed E-state index contributed by atoms with van der Waals surface area (Å²) < 4.78 is 25.6. The Hall–Kier alpha value is -6.33. The summed E-state index contributed by atoms with van der Waals surface area (Å²) in [6.45, 7) is 55.5. The van der Waals surface area contributed by atoms with Crippen molar-refractivity contribution in [3.63, 3.8) is 0 Å². The second kappa shape index (κ2) is 45.1. The van der Waals surface area contributed by atoms with Gasteiger partial charge in [0.2, 0.25) is 11.8 Å². The summed E-state index contributed by atoms with van der Waals surface area (Å²) in [7, 11) is 0. The molecule has 14 nitrogen and oxygen atoms in total. The molecule has 17 heteroatoms. The maximum Gasteiger partial charge on any atom is 0.407 e. The number of hydrogen-bond acceptors (Lipinski definition) is 10. The number of nitrogens with one attached hydrogen (secondary N) is 4. The number of piperazine rings is 2. The number of ether oxygens (including phenoxy) is 2. The molecule has 4 aromatic rings. The molecule has 4 aromatic carbocycles. The molecule has 4 amide bonds. The summed E-state index contributed by atoms with van der Waals surface area (Å²) in [5.41, 5.74) is 9.59. The number of piperidine rings is 2. The standard InChI is InChI=1S/C28H45ClN2O2.C28H45FN2O2.C19H27ClN2O.C19H28N2O/c2*1-8-9-14-28(33-26(32)30-22(4)5)15-17-31(18-16-28)25(19-21(2)3)20-27(6,7)23-10-12-24(29)13-11-23;1-14(2)11-17(22-10-9-21-18(23)13-22)12-19(3,4)15-5-7-16(20)8-6-15;1-15(2)12-17(21-11-10-20-18(22)14-21)13-19(3,4)16-8-6-5-7-9-16/h2*10-13,19,22,25H,8-9,14-18,20H2,1-7H3,(H,30,32);5-8,11,17H,9-10,12-13H2,1-4H3,(H,21,23);5-9,12,17H,10-11,13-14H2,1-4H3,(H,20,22). The first-order valence-corrected chi connectivity index (χ1v) is 42.3. The number of carbonyl (C=O) groups is 4. The molecule has 111 heavy (non-hydrogen) atoms. The number of unbranched alkanes of at least 4 members (excludes halogenated alkanes) is 2. The van der Waals surface area contributed by atoms with E-state index in [9.17, 15) is 23.6 Å². The number of hydrogen-bond donors (Lipinski definition) is 4. The van der Waals surface area contributed by atoms with Crippen molar-refractivity contribution in [2.75, 3.05) is 65.4 Å². The Kier molecular flexibility index (Phi) is 38.7. The Labute approximate surface area is 681 Å². The summed E-state index contributed by atoms with van der Waals surface area (Å²) in [4.78, 5) is 58.1. The Bertz CT molecular complexity index is 3460. The van der Waals surface area contributed by atoms with E-state index in [-0.39, 0.29) is 86.8 Å². The van der Waals surface area contributed by atoms with Crippen LogP contribution < -0.4 is 21.3 Å². The van der Waals surface area contributed by atoms with Crippen LogP contribution in [0.2, 0.25) is 10.0 Å². The average molecular weight is 1570 g/mol. The molecule has 0 bridgehead atoms. The van der Waals surface area contributed by atoms with E-state index in [2.05, 4.69) is 244 Å². The van der Waals surface area contributed by atoms with Crippen molar-refractivity contribution in [3.05, 3.63) is 188 Å². The summed E-state index contributed by atoms with van der Waals surface area (Å²) >= 11 is 12.1. The van der Waals surface area contributed by atoms with E-state index in [1.807, 2.05) is 64.1 Å². The van der Waals surface area contributed by atoms with Crippen LogP contribution in [0.4, 0.5) is 14.0 Å². The minimum Gasteiger partial charge on any atom is -0.443 e. The van der Waals surface area contributed by atoms with Gasteiger partial charge in [-0.3, -0.25) is 29.2 Å². The van der Waals surface area contributed by atoms with Crippen LogP contribution in [0.3, 0.4) is 0 Å². The molecule has 4 aliphatic heterocycles. The zero-order valence-corrected chi connectivity index (χ0v) is 73.9. The number of halogens is 3. The second-order valence-corrected chi connectivity index (χ2v) is 37.0. The van der Waals surface area contributed by atoms with Crippen LogP contribution in [0.5, 0.6) is 0 Å². The fraction of sp³-hybridized carbons (Fsp3) is 0.617. The molecule has 4 unspecified atom stereocenters. The van der Waals surface area contributed by atoms with Crippen molar-refractivity contribution < 1.29 is 33.0 Å². The summed E-state index contributed by atoms with van der Waals surface area (Å²) in [6, 6.07) is 35.3. The van der Waals surface area contributed by atoms with Crippen LogP contribution in [0.15, 0.2) is 150 Å². The molecule has 0 radical (unpaired) electrons. The molecule has 0 spiro atoms. The molecule has 4 fully saturated rings. The lowest BCUT2D eigenvalue weighted by molar-refractivity contribution is -0.125. The fourth-order valence-electron chi connectivity index (χ4n) is 16.0. The first-order valence-electron chi connectivity index (χ1n) is 41.5. The van der Waals surface area contributed by atoms with Crippen molar-refractivity contribution in [2.45, 2.75) is 311 Å². The Balaban J connectivity index is 0.000000269. The van der Waals surface area contributed by atoms with Crippen LogP contribution in [0.25, 0.3) is 0 Å². The van der Waals surface area contributed by atoms with Gasteiger partial charge < -0.3 is 30.7 Å². The van der Waals surface area contributed by atoms with Gasteiger partial charge in [-0.25, -0.2) is 14.0 Å². The topological polar surface area (TPSA) is 148 Å². The van der Waals surface area contributed by atoms with Crippen LogP contribution in [-0.4, -0.2) is 157 Å². The van der Waals surface area contributed by atoms with Crippen LogP contribution in [0, 0.1) is 5.82 Å². The maximum absolute atomic E-state index is 13.5. The highest BCUT2D eigenvalue weighted by Gasteiger charge is 2.43. The van der Waals surface area contributed by atoms with E-state index in [4.69, 9.17) is 32.7 Å². The molecular weight excluding hydrogens is 1430 g/mol. The molecule has 0 saturated carbocycles. The molecule has 4 aliphatic rings. The van der Waals surface area contributed by atoms with Gasteiger partial charge in [0.15, 0.2) is 0 Å². The Morgan fingerprint density at radius 1 is 0.450 bits per heavy atom. The highest BCUT2D eigenvalue weighted by Crippen LogP contribution is 2.40. The van der Waals surface area contributed by atoms with Crippen molar-refractivity contribution in [1.82, 2.24) is 40.9 Å². The Morgan fingerprint density at radius 3 is 1.00 bits per heavy atom. The van der Waals surface area contributed by atoms with Gasteiger partial charge in [-0.1, -0.05) is 219 Å². The minimum atomic E-state index is -0.381. The minimum absolute atomic E-state index is 0.00906. The van der Waals surface area contributed by atoms with Gasteiger partial charge in [0.25, 0.3) is 0 Å². The SMILES string of the molecule is CC(C)=CC(CC(C)(C)c1ccc(Cl)cc1)N1CCNC(=O)C1.CC(C)=CC(CC(C)(C)c1ccccc1)N1CCNC(=O)C1.CCCCC1(OC(=O)NC(C)C)CCN(C(C=C(C)C)CC(C)(C)c2ccc(Cl)cc2)CC1.CCCCC1(OC(=O)NC(C)C)CCN(C(C=C(C)C)CC(C)(C)c2ccc(F)cc2)CC1. The number of amides is 4. The van der Waals surface area contributed by atoms with Crippen LogP contribution >= 0.6 is 23.2 Å². The number of benzene rings is 4. The highest BCUT2D eigenvalue weighted by atomic mass is 35.5. The van der Waals surface area contributed by atoms with Crippen molar-refractivity contribution >= 4 is 47.2 Å². The third-order valence-electron chi connectivity index (χ3n) is 22.2. The van der Waals surface area contributed by atoms with Crippen molar-refractivity contribution in [2.24, 2.45) is 0 Å². The molecule has 4 N–H and O–H groups in total. The van der Waals surface area contributed by atoms with Gasteiger partial charge in [-0.2, -0.15) is 0 Å². The molecule has 4 heterocycles. The zero-order valence-electron chi connectivity index (χ0n) is 72.4. The predicted molar refractivity (Wildman–Crippen MR) is 464 cm³/mol. The third-order valence-corrected chi connectivity index (χ3v) is 22.8. The summed E-state index contributed by atoms with van der Waals surface area (Å²) in [5, 5.41) is 13.2. The number of rotatable bonds is 30. The first kappa shape index (κ1) is 95.3. The highest BCUT2D eigenvalue weighted by molar-refractivity contribution is 6.30. The first-order chi connectivity index (χ1) is 52.1. The van der Waals surface area contributed by atoms with Gasteiger partial charge in [0.05, 0.1) is 13.1 Å². The second-order valence-electron chi connectivity index (χ2n) is 36.1. The van der Waals surface area contributed by atoms with E-state index in [1.165, 1.54) is 39.0 Å². The third kappa shape index (κ3) is 33.2. The molecule has 4 saturated heterocycles. The fourth-order valence-corrected chi connectivity index (χ4v) is 16.3. The molecular formula is C94H145Cl2FN8O6. The lowest BCUT2D eigenvalue weighted by Gasteiger charge is -2.45. The van der Waals surface area contributed by atoms with E-state index in [1.54, 1.807) is 12.1 Å². The van der Waals surface area contributed by atoms with E-state index in [0.29, 0.717) is 25.2 Å². The van der Waals surface area contributed by atoms with Gasteiger partial charge in [-0.05, 0) is 215 Å². The van der Waals surface area contributed by atoms with Crippen molar-refractivity contribution in [3.8, 4) is 0 Å². The quantitative estimate of drug-likeness (QED) is 0.0372. The predicted octanol–water partition coefficient (Wildman–Crippen LogP) is 21.4. The van der Waals surface area contributed by atoms with Gasteiger partial charge in [0.1, 0.15) is 17.0 Å². The number of nitrogens with zero attached hydrogens (tertiary/aromatic N) is 4. The van der Waals surface area contributed by atoms with Crippen LogP contribution in [-0.2, 0) is 40.7 Å². The smallest absolute Gasteiger partial charge is 0.407 e. The summed E-state index contributed by atoms with van der Waals surface area (Å²) in [5.74, 6) is 0.0555. The Morgan fingerprint density at radius 2 is 0.730 bits per heavy atom. The molecule has 0 aromatic heterocycles. The number of likely N-dealkylation sites (tertiary alicyclic amines) is 2. The normalized spacial score (nSPS) is 17.5. The van der Waals surface area contributed by atoms with Crippen LogP contribution in [0.1, 0.15) is 264 Å². The zero-order chi connectivity index (χ0) is 82.5.